The molecule has 42 heavy (non-hydrogen) atoms. The average molecular weight is 589 g/mol. The molecule has 3 aliphatic rings. The number of rotatable bonds is 7. The van der Waals surface area contributed by atoms with Crippen LogP contribution in [0.25, 0.3) is 11.3 Å². The van der Waals surface area contributed by atoms with Gasteiger partial charge in [-0.15, -0.1) is 0 Å². The van der Waals surface area contributed by atoms with Gasteiger partial charge in [0.2, 0.25) is 11.8 Å². The molecule has 1 aliphatic carbocycles. The van der Waals surface area contributed by atoms with E-state index in [-0.39, 0.29) is 43.6 Å². The fourth-order valence-electron chi connectivity index (χ4n) is 6.38. The number of carbonyl (C=O) groups is 2. The molecule has 0 aromatic carbocycles. The normalized spacial score (nSPS) is 20.0. The third kappa shape index (κ3) is 6.04. The first kappa shape index (κ1) is 30.1. The van der Waals surface area contributed by atoms with Crippen LogP contribution in [0.15, 0.2) is 30.5 Å². The van der Waals surface area contributed by atoms with E-state index in [1.165, 1.54) is 4.90 Å². The predicted octanol–water partition coefficient (Wildman–Crippen LogP) is 4.14. The molecule has 12 heteroatoms. The Morgan fingerprint density at radius 3 is 2.36 bits per heavy atom. The Balaban J connectivity index is 1.37. The Bertz CT molecular complexity index is 1270. The molecule has 0 radical (unpaired) electrons. The molecule has 9 nitrogen and oxygen atoms in total. The summed E-state index contributed by atoms with van der Waals surface area (Å²) in [6.07, 6.45) is -1.37. The van der Waals surface area contributed by atoms with E-state index in [1.54, 1.807) is 12.3 Å². The number of anilines is 1. The number of carbonyl (C=O) groups excluding carboxylic acids is 2. The molecule has 0 atom stereocenters. The first-order chi connectivity index (χ1) is 20.1. The molecule has 2 amide bonds. The zero-order valence-electron chi connectivity index (χ0n) is 24.3. The summed E-state index contributed by atoms with van der Waals surface area (Å²) in [5.41, 5.74) is -0.0735. The largest absolute Gasteiger partial charge is 0.477 e. The van der Waals surface area contributed by atoms with E-state index in [2.05, 4.69) is 20.1 Å². The van der Waals surface area contributed by atoms with Gasteiger partial charge >= 0.3 is 6.18 Å². The van der Waals surface area contributed by atoms with E-state index >= 15 is 0 Å². The highest BCUT2D eigenvalue weighted by Gasteiger charge is 2.62. The Morgan fingerprint density at radius 1 is 1.05 bits per heavy atom. The monoisotopic (exact) mass is 588 g/mol. The maximum absolute atomic E-state index is 14.1. The van der Waals surface area contributed by atoms with Crippen molar-refractivity contribution < 1.29 is 27.5 Å². The molecule has 2 aromatic rings. The molecule has 2 aliphatic heterocycles. The lowest BCUT2D eigenvalue weighted by molar-refractivity contribution is -0.225. The molecule has 3 fully saturated rings. The lowest BCUT2D eigenvalue weighted by Crippen LogP contribution is -2.57. The molecule has 0 bridgehead atoms. The zero-order chi connectivity index (χ0) is 29.9. The number of nitrogens with zero attached hydrogens (tertiary/aromatic N) is 5. The summed E-state index contributed by atoms with van der Waals surface area (Å²) >= 11 is 0. The van der Waals surface area contributed by atoms with Gasteiger partial charge in [0.1, 0.15) is 5.41 Å². The van der Waals surface area contributed by atoms with Gasteiger partial charge in [-0.1, -0.05) is 12.8 Å². The minimum atomic E-state index is -4.55. The van der Waals surface area contributed by atoms with Gasteiger partial charge in [-0.05, 0) is 63.9 Å². The van der Waals surface area contributed by atoms with Crippen molar-refractivity contribution in [3.05, 3.63) is 36.2 Å². The number of hydrogen-bond acceptors (Lipinski definition) is 7. The van der Waals surface area contributed by atoms with Crippen LogP contribution in [0.4, 0.5) is 18.9 Å². The summed E-state index contributed by atoms with van der Waals surface area (Å²) in [6, 6.07) is 7.38. The SMILES string of the molecule is CCOc1ncccc1-c1ccc(N2CCCN(C(=O)C3(C(F)(F)F)CCCC3)CCC2)c(C(=O)NC2CN(C)C2)n1. The number of hydrogen-bond donors (Lipinski definition) is 1. The van der Waals surface area contributed by atoms with Gasteiger partial charge in [0.05, 0.1) is 29.6 Å². The highest BCUT2D eigenvalue weighted by Crippen LogP contribution is 2.51. The summed E-state index contributed by atoms with van der Waals surface area (Å²) in [7, 11) is 1.99. The second-order valence-electron chi connectivity index (χ2n) is 11.5. The highest BCUT2D eigenvalue weighted by molar-refractivity contribution is 5.99. The molecule has 1 saturated carbocycles. The van der Waals surface area contributed by atoms with E-state index in [4.69, 9.17) is 9.72 Å². The maximum Gasteiger partial charge on any atom is 0.403 e. The fraction of sp³-hybridized carbons (Fsp3) is 0.600. The van der Waals surface area contributed by atoms with Crippen LogP contribution in [-0.4, -0.2) is 96.7 Å². The fourth-order valence-corrected chi connectivity index (χ4v) is 6.38. The lowest BCUT2D eigenvalue weighted by atomic mass is 9.83. The first-order valence-electron chi connectivity index (χ1n) is 14.8. The minimum absolute atomic E-state index is 0.0293. The highest BCUT2D eigenvalue weighted by atomic mass is 19.4. The van der Waals surface area contributed by atoms with Crippen LogP contribution in [0.2, 0.25) is 0 Å². The van der Waals surface area contributed by atoms with Gasteiger partial charge < -0.3 is 24.8 Å². The number of ether oxygens (including phenoxy) is 1. The third-order valence-corrected chi connectivity index (χ3v) is 8.57. The number of likely N-dealkylation sites (tertiary alicyclic amines) is 1. The Kier molecular flexibility index (Phi) is 8.91. The summed E-state index contributed by atoms with van der Waals surface area (Å²) in [5, 5.41) is 3.08. The number of nitrogens with one attached hydrogen (secondary N) is 1. The third-order valence-electron chi connectivity index (χ3n) is 8.57. The molecule has 228 valence electrons. The smallest absolute Gasteiger partial charge is 0.403 e. The molecule has 0 spiro atoms. The van der Waals surface area contributed by atoms with Crippen molar-refractivity contribution in [3.63, 3.8) is 0 Å². The quantitative estimate of drug-likeness (QED) is 0.520. The van der Waals surface area contributed by atoms with E-state index in [0.29, 0.717) is 68.2 Å². The van der Waals surface area contributed by atoms with Crippen molar-refractivity contribution >= 4 is 17.5 Å². The zero-order valence-corrected chi connectivity index (χ0v) is 24.3. The van der Waals surface area contributed by atoms with Crippen LogP contribution >= 0.6 is 0 Å². The van der Waals surface area contributed by atoms with Crippen LogP contribution in [-0.2, 0) is 4.79 Å². The number of likely N-dealkylation sites (N-methyl/N-ethyl adjacent to an activating group) is 1. The molecule has 4 heterocycles. The standard InChI is InChI=1S/C30H39F3N6O3/c1-3-42-27-22(9-6-14-34-27)23-10-11-24(25(36-23)26(40)35-21-19-37(2)20-21)38-15-7-17-39(18-8-16-38)28(41)29(30(31,32)33)12-4-5-13-29/h6,9-11,14,21H,3-5,7-8,12-13,15-20H2,1-2H3,(H,35,40). The van der Waals surface area contributed by atoms with Crippen molar-refractivity contribution in [1.29, 1.82) is 0 Å². The molecule has 2 saturated heterocycles. The van der Waals surface area contributed by atoms with Crippen molar-refractivity contribution in [1.82, 2.24) is 25.1 Å². The van der Waals surface area contributed by atoms with Crippen LogP contribution in [0.1, 0.15) is 55.9 Å². The van der Waals surface area contributed by atoms with E-state index in [0.717, 1.165) is 13.1 Å². The Labute approximate surface area is 244 Å². The molecular weight excluding hydrogens is 549 g/mol. The van der Waals surface area contributed by atoms with E-state index < -0.39 is 17.5 Å². The van der Waals surface area contributed by atoms with Crippen molar-refractivity contribution in [2.45, 2.75) is 57.7 Å². The van der Waals surface area contributed by atoms with Crippen molar-refractivity contribution in [2.24, 2.45) is 5.41 Å². The van der Waals surface area contributed by atoms with Crippen LogP contribution in [0, 0.1) is 5.41 Å². The molecule has 5 rings (SSSR count). The van der Waals surface area contributed by atoms with Crippen molar-refractivity contribution in [2.75, 3.05) is 57.8 Å². The molecule has 0 unspecified atom stereocenters. The molecule has 2 aromatic heterocycles. The average Bonchev–Trinajstić information content (AvgIpc) is 3.44. The van der Waals surface area contributed by atoms with E-state index in [9.17, 15) is 22.8 Å². The van der Waals surface area contributed by atoms with Gasteiger partial charge in [-0.25, -0.2) is 9.97 Å². The van der Waals surface area contributed by atoms with Gasteiger partial charge in [0.25, 0.3) is 5.91 Å². The van der Waals surface area contributed by atoms with Gasteiger partial charge in [-0.3, -0.25) is 9.59 Å². The number of amides is 2. The number of aromatic nitrogens is 2. The second-order valence-corrected chi connectivity index (χ2v) is 11.5. The Morgan fingerprint density at radius 2 is 1.74 bits per heavy atom. The molecular formula is C30H39F3N6O3. The predicted molar refractivity (Wildman–Crippen MR) is 152 cm³/mol. The van der Waals surface area contributed by atoms with Crippen LogP contribution < -0.4 is 15.0 Å². The number of alkyl halides is 3. The van der Waals surface area contributed by atoms with Gasteiger partial charge in [0, 0.05) is 45.5 Å². The van der Waals surface area contributed by atoms with E-state index in [1.807, 2.05) is 32.2 Å². The lowest BCUT2D eigenvalue weighted by Gasteiger charge is -2.38. The topological polar surface area (TPSA) is 90.9 Å². The van der Waals surface area contributed by atoms with Gasteiger partial charge in [-0.2, -0.15) is 13.2 Å². The minimum Gasteiger partial charge on any atom is -0.477 e. The maximum atomic E-state index is 14.1. The summed E-state index contributed by atoms with van der Waals surface area (Å²) in [4.78, 5) is 41.5. The summed E-state index contributed by atoms with van der Waals surface area (Å²) in [6.45, 7) is 5.25. The van der Waals surface area contributed by atoms with Gasteiger partial charge in [0.15, 0.2) is 5.69 Å². The van der Waals surface area contributed by atoms with Crippen LogP contribution in [0.3, 0.4) is 0 Å². The molecule has 1 N–H and O–H groups in total. The number of pyridine rings is 2. The summed E-state index contributed by atoms with van der Waals surface area (Å²) in [5.74, 6) is -0.625. The second kappa shape index (κ2) is 12.4. The number of halogens is 3. The Hall–Kier alpha value is -3.41. The van der Waals surface area contributed by atoms with Crippen molar-refractivity contribution in [3.8, 4) is 17.1 Å². The van der Waals surface area contributed by atoms with Crippen LogP contribution in [0.5, 0.6) is 5.88 Å². The summed E-state index contributed by atoms with van der Waals surface area (Å²) < 4.78 is 47.9. The first-order valence-corrected chi connectivity index (χ1v) is 14.8.